The highest BCUT2D eigenvalue weighted by molar-refractivity contribution is 5.85. The second-order valence-corrected chi connectivity index (χ2v) is 8.45. The van der Waals surface area contributed by atoms with Gasteiger partial charge in [-0.15, -0.1) is 0 Å². The van der Waals surface area contributed by atoms with Gasteiger partial charge in [0.05, 0.1) is 25.8 Å². The van der Waals surface area contributed by atoms with Crippen molar-refractivity contribution in [2.45, 2.75) is 51.0 Å². The lowest BCUT2D eigenvalue weighted by molar-refractivity contribution is -0.153. The molecule has 8 nitrogen and oxygen atoms in total. The van der Waals surface area contributed by atoms with Crippen molar-refractivity contribution in [2.75, 3.05) is 49.3 Å². The Kier molecular flexibility index (Phi) is 6.44. The molecule has 0 amide bonds. The summed E-state index contributed by atoms with van der Waals surface area (Å²) < 4.78 is 68.1. The van der Waals surface area contributed by atoms with Gasteiger partial charge in [-0.1, -0.05) is 0 Å². The number of halogens is 4. The number of fused-ring (bicyclic) bond motifs is 1. The number of aromatic nitrogens is 2. The molecule has 0 saturated carbocycles. The van der Waals surface area contributed by atoms with Gasteiger partial charge in [-0.3, -0.25) is 14.2 Å². The van der Waals surface area contributed by atoms with Crippen molar-refractivity contribution >= 4 is 17.5 Å². The molecular weight excluding hydrogens is 436 g/mol. The number of carbonyl (C=O) groups is 1. The SMILES string of the molecule is C[C@@H]1COCCN1c1nc2n(c(=O)c1F)CCC(C(F)(F)F)N2CC(=O)C1CCOCC1. The van der Waals surface area contributed by atoms with Crippen LogP contribution >= 0.6 is 0 Å². The summed E-state index contributed by atoms with van der Waals surface area (Å²) in [6, 6.07) is -2.30. The number of hydrogen-bond acceptors (Lipinski definition) is 7. The van der Waals surface area contributed by atoms with E-state index in [1.165, 1.54) is 4.90 Å². The van der Waals surface area contributed by atoms with E-state index in [0.29, 0.717) is 26.1 Å². The Hall–Kier alpha value is -2.21. The van der Waals surface area contributed by atoms with Crippen molar-refractivity contribution in [1.29, 1.82) is 0 Å². The number of ketones is 1. The second-order valence-electron chi connectivity index (χ2n) is 8.45. The summed E-state index contributed by atoms with van der Waals surface area (Å²) in [6.07, 6.45) is -4.24. The van der Waals surface area contributed by atoms with Crippen molar-refractivity contribution in [1.82, 2.24) is 9.55 Å². The quantitative estimate of drug-likeness (QED) is 0.631. The average molecular weight is 462 g/mol. The van der Waals surface area contributed by atoms with E-state index in [2.05, 4.69) is 4.98 Å². The molecule has 0 N–H and O–H groups in total. The van der Waals surface area contributed by atoms with E-state index in [4.69, 9.17) is 9.47 Å². The van der Waals surface area contributed by atoms with Crippen LogP contribution in [0.2, 0.25) is 0 Å². The Morgan fingerprint density at radius 2 is 1.84 bits per heavy atom. The lowest BCUT2D eigenvalue weighted by atomic mass is 9.94. The summed E-state index contributed by atoms with van der Waals surface area (Å²) in [5.41, 5.74) is -1.03. The highest BCUT2D eigenvalue weighted by atomic mass is 19.4. The first kappa shape index (κ1) is 23.0. The maximum atomic E-state index is 15.0. The molecule has 1 aromatic heterocycles. The number of hydrogen-bond donors (Lipinski definition) is 0. The highest BCUT2D eigenvalue weighted by Crippen LogP contribution is 2.35. The fourth-order valence-electron chi connectivity index (χ4n) is 4.55. The monoisotopic (exact) mass is 462 g/mol. The largest absolute Gasteiger partial charge is 0.408 e. The van der Waals surface area contributed by atoms with Crippen LogP contribution in [0.3, 0.4) is 0 Å². The molecule has 12 heteroatoms. The molecule has 0 radical (unpaired) electrons. The molecule has 1 aromatic rings. The maximum Gasteiger partial charge on any atom is 0.408 e. The minimum Gasteiger partial charge on any atom is -0.381 e. The third-order valence-corrected chi connectivity index (χ3v) is 6.36. The molecule has 1 unspecified atom stereocenters. The predicted octanol–water partition coefficient (Wildman–Crippen LogP) is 1.74. The van der Waals surface area contributed by atoms with Gasteiger partial charge < -0.3 is 19.3 Å². The molecule has 2 atom stereocenters. The van der Waals surface area contributed by atoms with Crippen molar-refractivity contribution in [2.24, 2.45) is 5.92 Å². The Bertz CT molecular complexity index is 916. The third-order valence-electron chi connectivity index (χ3n) is 6.36. The predicted molar refractivity (Wildman–Crippen MR) is 106 cm³/mol. The molecule has 32 heavy (non-hydrogen) atoms. The number of nitrogens with zero attached hydrogens (tertiary/aromatic N) is 4. The van der Waals surface area contributed by atoms with Crippen LogP contribution in [0.4, 0.5) is 29.3 Å². The van der Waals surface area contributed by atoms with E-state index < -0.39 is 42.5 Å². The molecule has 3 aliphatic heterocycles. The minimum absolute atomic E-state index is 0.248. The lowest BCUT2D eigenvalue weighted by Gasteiger charge is -2.40. The molecule has 2 fully saturated rings. The number of alkyl halides is 3. The molecular formula is C20H26F4N4O4. The Morgan fingerprint density at radius 3 is 2.50 bits per heavy atom. The molecule has 0 aliphatic carbocycles. The normalized spacial score (nSPS) is 25.0. The standard InChI is InChI=1S/C20H26F4N4O4/c1-12-11-32-9-6-26(12)17-16(21)18(30)27-5-2-15(20(22,23)24)28(19(27)25-17)10-14(29)13-3-7-31-8-4-13/h12-13,15H,2-11H2,1H3/t12-,15?/m1/s1. The fraction of sp³-hybridized carbons (Fsp3) is 0.750. The Balaban J connectivity index is 1.75. The smallest absolute Gasteiger partial charge is 0.381 e. The van der Waals surface area contributed by atoms with Crippen molar-refractivity contribution in [3.05, 3.63) is 16.2 Å². The average Bonchev–Trinajstić information content (AvgIpc) is 2.76. The molecule has 4 rings (SSSR count). The van der Waals surface area contributed by atoms with Crippen LogP contribution in [0.5, 0.6) is 0 Å². The van der Waals surface area contributed by atoms with Crippen molar-refractivity contribution in [3.8, 4) is 0 Å². The Labute approximate surface area is 182 Å². The summed E-state index contributed by atoms with van der Waals surface area (Å²) in [4.78, 5) is 32.2. The first-order valence-electron chi connectivity index (χ1n) is 10.8. The zero-order valence-corrected chi connectivity index (χ0v) is 17.7. The van der Waals surface area contributed by atoms with E-state index >= 15 is 0 Å². The molecule has 178 valence electrons. The fourth-order valence-corrected chi connectivity index (χ4v) is 4.55. The van der Waals surface area contributed by atoms with Crippen LogP contribution in [0.15, 0.2) is 4.79 Å². The van der Waals surface area contributed by atoms with E-state index in [9.17, 15) is 27.2 Å². The van der Waals surface area contributed by atoms with Gasteiger partial charge in [-0.05, 0) is 26.2 Å². The zero-order chi connectivity index (χ0) is 23.0. The van der Waals surface area contributed by atoms with Crippen LogP contribution in [-0.2, 0) is 20.8 Å². The van der Waals surface area contributed by atoms with Crippen LogP contribution < -0.4 is 15.4 Å². The van der Waals surface area contributed by atoms with Gasteiger partial charge in [0.25, 0.3) is 5.56 Å². The zero-order valence-electron chi connectivity index (χ0n) is 17.7. The van der Waals surface area contributed by atoms with E-state index in [0.717, 1.165) is 9.47 Å². The maximum absolute atomic E-state index is 15.0. The van der Waals surface area contributed by atoms with Crippen LogP contribution in [0.1, 0.15) is 26.2 Å². The van der Waals surface area contributed by atoms with Crippen molar-refractivity contribution in [3.63, 3.8) is 0 Å². The van der Waals surface area contributed by atoms with Crippen LogP contribution in [-0.4, -0.2) is 73.1 Å². The van der Waals surface area contributed by atoms with E-state index in [-0.39, 0.29) is 49.9 Å². The number of carbonyl (C=O) groups excluding carboxylic acids is 1. The summed E-state index contributed by atoms with van der Waals surface area (Å²) >= 11 is 0. The number of morpholine rings is 1. The van der Waals surface area contributed by atoms with Gasteiger partial charge >= 0.3 is 6.18 Å². The second kappa shape index (κ2) is 8.97. The lowest BCUT2D eigenvalue weighted by Crippen LogP contribution is -2.55. The van der Waals surface area contributed by atoms with E-state index in [1.54, 1.807) is 6.92 Å². The van der Waals surface area contributed by atoms with Gasteiger partial charge in [-0.2, -0.15) is 22.5 Å². The van der Waals surface area contributed by atoms with E-state index in [1.807, 2.05) is 0 Å². The first-order valence-corrected chi connectivity index (χ1v) is 10.8. The number of rotatable bonds is 4. The molecule has 0 spiro atoms. The van der Waals surface area contributed by atoms with Gasteiger partial charge in [0.15, 0.2) is 11.6 Å². The molecule has 4 heterocycles. The molecule has 0 aromatic carbocycles. The summed E-state index contributed by atoms with van der Waals surface area (Å²) in [5, 5.41) is 0. The summed E-state index contributed by atoms with van der Waals surface area (Å²) in [5.74, 6) is -2.51. The summed E-state index contributed by atoms with van der Waals surface area (Å²) in [6.45, 7) is 2.42. The van der Waals surface area contributed by atoms with Gasteiger partial charge in [0, 0.05) is 32.2 Å². The number of anilines is 2. The van der Waals surface area contributed by atoms with Crippen molar-refractivity contribution < 1.29 is 31.8 Å². The minimum atomic E-state index is -4.64. The number of ether oxygens (including phenoxy) is 2. The third kappa shape index (κ3) is 4.34. The van der Waals surface area contributed by atoms with Gasteiger partial charge in [0.1, 0.15) is 6.04 Å². The molecule has 3 aliphatic rings. The van der Waals surface area contributed by atoms with Crippen LogP contribution in [0, 0.1) is 11.7 Å². The Morgan fingerprint density at radius 1 is 1.12 bits per heavy atom. The molecule has 0 bridgehead atoms. The van der Waals surface area contributed by atoms with Crippen LogP contribution in [0.25, 0.3) is 0 Å². The summed E-state index contributed by atoms with van der Waals surface area (Å²) in [7, 11) is 0. The topological polar surface area (TPSA) is 76.9 Å². The highest BCUT2D eigenvalue weighted by Gasteiger charge is 2.48. The molecule has 2 saturated heterocycles. The first-order chi connectivity index (χ1) is 15.2. The van der Waals surface area contributed by atoms with Gasteiger partial charge in [0.2, 0.25) is 11.8 Å². The number of Topliss-reactive ketones (excluding diaryl/α,β-unsaturated/α-hetero) is 1. The van der Waals surface area contributed by atoms with Gasteiger partial charge in [-0.25, -0.2) is 0 Å².